The summed E-state index contributed by atoms with van der Waals surface area (Å²) < 4.78 is 27.0. The Morgan fingerprint density at radius 1 is 1.24 bits per heavy atom. The number of anilines is 1. The van der Waals surface area contributed by atoms with Crippen molar-refractivity contribution in [2.75, 3.05) is 4.72 Å². The molecule has 21 heavy (non-hydrogen) atoms. The maximum absolute atomic E-state index is 12.2. The third-order valence-electron chi connectivity index (χ3n) is 3.27. The number of aromatic nitrogens is 2. The van der Waals surface area contributed by atoms with Gasteiger partial charge in [-0.3, -0.25) is 4.72 Å². The van der Waals surface area contributed by atoms with Crippen LogP contribution >= 0.6 is 0 Å². The summed E-state index contributed by atoms with van der Waals surface area (Å²) in [5.74, 6) is 0. The van der Waals surface area contributed by atoms with E-state index in [0.29, 0.717) is 16.8 Å². The Kier molecular flexibility index (Phi) is 2.96. The SMILES string of the molecule is Cc1ccc(NS(=O)(=O)c2ccc[nH]2)c2[nH]cc(C#N)c12. The third-order valence-corrected chi connectivity index (χ3v) is 4.59. The fourth-order valence-electron chi connectivity index (χ4n) is 2.27. The van der Waals surface area contributed by atoms with Gasteiger partial charge < -0.3 is 9.97 Å². The first-order valence-corrected chi connectivity index (χ1v) is 7.68. The number of fused-ring (bicyclic) bond motifs is 1. The number of nitriles is 1. The number of nitrogens with zero attached hydrogens (tertiary/aromatic N) is 1. The summed E-state index contributed by atoms with van der Waals surface area (Å²) in [4.78, 5) is 5.62. The van der Waals surface area contributed by atoms with Crippen molar-refractivity contribution in [3.8, 4) is 6.07 Å². The van der Waals surface area contributed by atoms with Crippen LogP contribution in [0.5, 0.6) is 0 Å². The molecule has 6 nitrogen and oxygen atoms in total. The predicted octanol–water partition coefficient (Wildman–Crippen LogP) is 2.48. The quantitative estimate of drug-likeness (QED) is 0.692. The lowest BCUT2D eigenvalue weighted by Crippen LogP contribution is -2.13. The van der Waals surface area contributed by atoms with Crippen LogP contribution in [0.15, 0.2) is 41.7 Å². The van der Waals surface area contributed by atoms with Crippen molar-refractivity contribution >= 4 is 26.6 Å². The zero-order valence-electron chi connectivity index (χ0n) is 11.1. The maximum atomic E-state index is 12.2. The van der Waals surface area contributed by atoms with E-state index in [9.17, 15) is 8.42 Å². The molecule has 3 aromatic rings. The van der Waals surface area contributed by atoms with Gasteiger partial charge in [-0.05, 0) is 30.7 Å². The molecule has 3 N–H and O–H groups in total. The topological polar surface area (TPSA) is 102 Å². The van der Waals surface area contributed by atoms with Gasteiger partial charge in [0.2, 0.25) is 0 Å². The van der Waals surface area contributed by atoms with E-state index >= 15 is 0 Å². The van der Waals surface area contributed by atoms with Crippen LogP contribution in [0.2, 0.25) is 0 Å². The normalized spacial score (nSPS) is 11.4. The minimum absolute atomic E-state index is 0.0864. The molecule has 0 aliphatic rings. The summed E-state index contributed by atoms with van der Waals surface area (Å²) in [7, 11) is -3.68. The van der Waals surface area contributed by atoms with Crippen LogP contribution in [-0.2, 0) is 10.0 Å². The lowest BCUT2D eigenvalue weighted by atomic mass is 10.1. The van der Waals surface area contributed by atoms with E-state index in [1.807, 2.05) is 6.92 Å². The molecular formula is C14H12N4O2S. The molecule has 0 unspecified atom stereocenters. The molecule has 0 amide bonds. The van der Waals surface area contributed by atoms with Gasteiger partial charge in [0.15, 0.2) is 5.03 Å². The van der Waals surface area contributed by atoms with E-state index in [1.54, 1.807) is 30.6 Å². The molecule has 2 aromatic heterocycles. The van der Waals surface area contributed by atoms with Gasteiger partial charge in [0.25, 0.3) is 10.0 Å². The van der Waals surface area contributed by atoms with Crippen molar-refractivity contribution in [3.63, 3.8) is 0 Å². The zero-order chi connectivity index (χ0) is 15.0. The molecule has 2 heterocycles. The van der Waals surface area contributed by atoms with Gasteiger partial charge in [-0.1, -0.05) is 6.07 Å². The van der Waals surface area contributed by atoms with E-state index in [2.05, 4.69) is 20.8 Å². The smallest absolute Gasteiger partial charge is 0.277 e. The number of aromatic amines is 2. The molecular weight excluding hydrogens is 288 g/mol. The van der Waals surface area contributed by atoms with Gasteiger partial charge in [-0.2, -0.15) is 13.7 Å². The van der Waals surface area contributed by atoms with Crippen LogP contribution in [0.4, 0.5) is 5.69 Å². The van der Waals surface area contributed by atoms with Crippen LogP contribution in [0.25, 0.3) is 10.9 Å². The highest BCUT2D eigenvalue weighted by atomic mass is 32.2. The Balaban J connectivity index is 2.13. The molecule has 1 aromatic carbocycles. The van der Waals surface area contributed by atoms with Gasteiger partial charge in [0.1, 0.15) is 6.07 Å². The second-order valence-electron chi connectivity index (χ2n) is 4.63. The van der Waals surface area contributed by atoms with Gasteiger partial charge in [-0.15, -0.1) is 0 Å². The van der Waals surface area contributed by atoms with Crippen LogP contribution in [-0.4, -0.2) is 18.4 Å². The van der Waals surface area contributed by atoms with Crippen LogP contribution in [0.1, 0.15) is 11.1 Å². The third kappa shape index (κ3) is 2.15. The molecule has 0 fully saturated rings. The average molecular weight is 300 g/mol. The van der Waals surface area contributed by atoms with Crippen molar-refractivity contribution in [2.45, 2.75) is 11.9 Å². The van der Waals surface area contributed by atoms with Crippen molar-refractivity contribution in [3.05, 3.63) is 47.8 Å². The van der Waals surface area contributed by atoms with Gasteiger partial charge in [0.05, 0.1) is 16.8 Å². The highest BCUT2D eigenvalue weighted by molar-refractivity contribution is 7.92. The van der Waals surface area contributed by atoms with E-state index in [4.69, 9.17) is 5.26 Å². The molecule has 0 spiro atoms. The van der Waals surface area contributed by atoms with E-state index in [-0.39, 0.29) is 5.03 Å². The number of hydrogen-bond acceptors (Lipinski definition) is 3. The Morgan fingerprint density at radius 2 is 2.05 bits per heavy atom. The number of H-pyrrole nitrogens is 2. The van der Waals surface area contributed by atoms with Gasteiger partial charge in [0, 0.05) is 17.8 Å². The van der Waals surface area contributed by atoms with Crippen molar-refractivity contribution in [1.82, 2.24) is 9.97 Å². The lowest BCUT2D eigenvalue weighted by Gasteiger charge is -2.09. The lowest BCUT2D eigenvalue weighted by molar-refractivity contribution is 0.598. The molecule has 0 aliphatic heterocycles. The van der Waals surface area contributed by atoms with Crippen molar-refractivity contribution in [1.29, 1.82) is 5.26 Å². The Hall–Kier alpha value is -2.72. The van der Waals surface area contributed by atoms with E-state index < -0.39 is 10.0 Å². The molecule has 0 saturated carbocycles. The molecule has 0 aliphatic carbocycles. The molecule has 0 atom stereocenters. The summed E-state index contributed by atoms with van der Waals surface area (Å²) in [5.41, 5.74) is 2.41. The predicted molar refractivity (Wildman–Crippen MR) is 79.4 cm³/mol. The largest absolute Gasteiger partial charge is 0.358 e. The molecule has 106 valence electrons. The van der Waals surface area contributed by atoms with E-state index in [0.717, 1.165) is 10.9 Å². The summed E-state index contributed by atoms with van der Waals surface area (Å²) in [5, 5.41) is 9.92. The maximum Gasteiger partial charge on any atom is 0.277 e. The highest BCUT2D eigenvalue weighted by Crippen LogP contribution is 2.29. The van der Waals surface area contributed by atoms with Crippen molar-refractivity contribution in [2.24, 2.45) is 0 Å². The first-order chi connectivity index (χ1) is 10.0. The van der Waals surface area contributed by atoms with Crippen LogP contribution < -0.4 is 4.72 Å². The number of nitrogens with one attached hydrogen (secondary N) is 3. The number of hydrogen-bond donors (Lipinski definition) is 3. The number of aryl methyl sites for hydroxylation is 1. The first-order valence-electron chi connectivity index (χ1n) is 6.20. The Bertz CT molecular complexity index is 947. The first kappa shape index (κ1) is 13.3. The molecule has 3 rings (SSSR count). The summed E-state index contributed by atoms with van der Waals surface area (Å²) in [6.45, 7) is 1.88. The number of rotatable bonds is 3. The Labute approximate surface area is 121 Å². The minimum atomic E-state index is -3.68. The highest BCUT2D eigenvalue weighted by Gasteiger charge is 2.18. The standard InChI is InChI=1S/C14H12N4O2S/c1-9-4-5-11(14-13(9)10(7-15)8-17-14)18-21(19,20)12-3-2-6-16-12/h2-6,8,16-18H,1H3. The van der Waals surface area contributed by atoms with Crippen LogP contribution in [0.3, 0.4) is 0 Å². The van der Waals surface area contributed by atoms with Gasteiger partial charge >= 0.3 is 0 Å². The monoisotopic (exact) mass is 300 g/mol. The molecule has 0 radical (unpaired) electrons. The fourth-order valence-corrected chi connectivity index (χ4v) is 3.32. The second kappa shape index (κ2) is 4.68. The Morgan fingerprint density at radius 3 is 2.71 bits per heavy atom. The van der Waals surface area contributed by atoms with Crippen molar-refractivity contribution < 1.29 is 8.42 Å². The summed E-state index contributed by atoms with van der Waals surface area (Å²) in [6.07, 6.45) is 3.12. The molecule has 0 saturated heterocycles. The molecule has 7 heteroatoms. The number of sulfonamides is 1. The number of benzene rings is 1. The fraction of sp³-hybridized carbons (Fsp3) is 0.0714. The van der Waals surface area contributed by atoms with E-state index in [1.165, 1.54) is 6.07 Å². The molecule has 0 bridgehead atoms. The zero-order valence-corrected chi connectivity index (χ0v) is 12.0. The minimum Gasteiger partial charge on any atom is -0.358 e. The van der Waals surface area contributed by atoms with Crippen LogP contribution in [0, 0.1) is 18.3 Å². The van der Waals surface area contributed by atoms with Gasteiger partial charge in [-0.25, -0.2) is 0 Å². The summed E-state index contributed by atoms with van der Waals surface area (Å²) >= 11 is 0. The average Bonchev–Trinajstić information content (AvgIpc) is 3.10. The second-order valence-corrected chi connectivity index (χ2v) is 6.28. The summed E-state index contributed by atoms with van der Waals surface area (Å²) in [6, 6.07) is 8.64.